The Balaban J connectivity index is 2.24. The van der Waals surface area contributed by atoms with Crippen molar-refractivity contribution in [3.63, 3.8) is 0 Å². The molecule has 0 unspecified atom stereocenters. The Morgan fingerprint density at radius 1 is 1.10 bits per heavy atom. The molecule has 1 N–H and O–H groups in total. The second kappa shape index (κ2) is 6.43. The van der Waals surface area contributed by atoms with E-state index in [1.54, 1.807) is 31.4 Å². The van der Waals surface area contributed by atoms with Gasteiger partial charge in [-0.2, -0.15) is 0 Å². The summed E-state index contributed by atoms with van der Waals surface area (Å²) in [7, 11) is 1.56. The van der Waals surface area contributed by atoms with Crippen LogP contribution in [0.2, 0.25) is 0 Å². The van der Waals surface area contributed by atoms with Crippen LogP contribution in [-0.4, -0.2) is 13.1 Å². The van der Waals surface area contributed by atoms with Crippen molar-refractivity contribution in [1.82, 2.24) is 0 Å². The molecule has 0 saturated carbocycles. The number of anilines is 1. The van der Waals surface area contributed by atoms with Crippen molar-refractivity contribution in [3.05, 3.63) is 66.4 Å². The Morgan fingerprint density at radius 2 is 1.75 bits per heavy atom. The summed E-state index contributed by atoms with van der Waals surface area (Å²) >= 11 is 0. The fourth-order valence-electron chi connectivity index (χ4n) is 1.72. The summed E-state index contributed by atoms with van der Waals surface area (Å²) in [6.45, 7) is 0. The first kappa shape index (κ1) is 13.7. The van der Waals surface area contributed by atoms with Crippen LogP contribution in [0, 0.1) is 0 Å². The molecule has 0 amide bonds. The van der Waals surface area contributed by atoms with Crippen molar-refractivity contribution < 1.29 is 14.6 Å². The molecule has 0 radical (unpaired) electrons. The maximum atomic E-state index is 11.2. The minimum atomic E-state index is -1.24. The lowest BCUT2D eigenvalue weighted by atomic mass is 10.1. The quantitative estimate of drug-likeness (QED) is 0.841. The smallest absolute Gasteiger partial charge is 0.118 e. The number of nitrogens with one attached hydrogen (secondary N) is 1. The normalized spacial score (nSPS) is 10.9. The molecule has 0 bridgehead atoms. The number of carboxylic acid groups (broad SMARTS) is 1. The van der Waals surface area contributed by atoms with Crippen molar-refractivity contribution in [2.45, 2.75) is 0 Å². The molecule has 2 aromatic carbocycles. The van der Waals surface area contributed by atoms with E-state index in [1.807, 2.05) is 30.3 Å². The van der Waals surface area contributed by atoms with E-state index in [-0.39, 0.29) is 5.57 Å². The van der Waals surface area contributed by atoms with Crippen LogP contribution in [0.15, 0.2) is 60.8 Å². The van der Waals surface area contributed by atoms with E-state index in [2.05, 4.69) is 5.32 Å². The summed E-state index contributed by atoms with van der Waals surface area (Å²) in [5.41, 5.74) is 1.44. The number of benzene rings is 2. The first-order valence-corrected chi connectivity index (χ1v) is 6.08. The monoisotopic (exact) mass is 268 g/mol. The molecule has 0 saturated heterocycles. The number of para-hydroxylation sites is 1. The molecule has 0 aliphatic heterocycles. The number of hydrogen-bond acceptors (Lipinski definition) is 4. The second-order valence-corrected chi connectivity index (χ2v) is 4.08. The lowest BCUT2D eigenvalue weighted by Gasteiger charge is -2.11. The van der Waals surface area contributed by atoms with E-state index in [4.69, 9.17) is 4.74 Å². The summed E-state index contributed by atoms with van der Waals surface area (Å²) in [5, 5.41) is 14.2. The van der Waals surface area contributed by atoms with Gasteiger partial charge in [-0.3, -0.25) is 0 Å². The maximum Gasteiger partial charge on any atom is 0.118 e. The van der Waals surface area contributed by atoms with Crippen LogP contribution >= 0.6 is 0 Å². The number of carboxylic acids is 1. The SMILES string of the molecule is COc1ccc(/C(=C/Nc2ccccc2)C(=O)[O-])cc1. The number of hydrogen-bond donors (Lipinski definition) is 1. The van der Waals surface area contributed by atoms with Crippen LogP contribution in [0.5, 0.6) is 5.75 Å². The first-order valence-electron chi connectivity index (χ1n) is 6.08. The lowest BCUT2D eigenvalue weighted by Crippen LogP contribution is -2.24. The molecule has 0 spiro atoms. The standard InChI is InChI=1S/C16H15NO3/c1-20-14-9-7-12(8-10-14)15(16(18)19)11-17-13-5-3-2-4-6-13/h2-11,17H,1H3,(H,18,19)/p-1/b15-11-. The van der Waals surface area contributed by atoms with Crippen LogP contribution < -0.4 is 15.2 Å². The third-order valence-electron chi connectivity index (χ3n) is 2.78. The number of ether oxygens (including phenoxy) is 1. The summed E-state index contributed by atoms with van der Waals surface area (Å²) in [4.78, 5) is 11.2. The highest BCUT2D eigenvalue weighted by atomic mass is 16.5. The highest BCUT2D eigenvalue weighted by molar-refractivity contribution is 6.14. The molecule has 0 aliphatic rings. The average Bonchev–Trinajstić information content (AvgIpc) is 2.49. The lowest BCUT2D eigenvalue weighted by molar-refractivity contribution is -0.295. The number of carbonyl (C=O) groups is 1. The molecule has 4 heteroatoms. The van der Waals surface area contributed by atoms with Gasteiger partial charge in [-0.15, -0.1) is 0 Å². The second-order valence-electron chi connectivity index (χ2n) is 4.08. The van der Waals surface area contributed by atoms with Crippen molar-refractivity contribution in [2.75, 3.05) is 12.4 Å². The zero-order valence-corrected chi connectivity index (χ0v) is 11.0. The van der Waals surface area contributed by atoms with Gasteiger partial charge in [-0.25, -0.2) is 0 Å². The molecule has 2 rings (SSSR count). The van der Waals surface area contributed by atoms with Gasteiger partial charge in [0.05, 0.1) is 13.1 Å². The van der Waals surface area contributed by atoms with Crippen LogP contribution in [-0.2, 0) is 4.79 Å². The van der Waals surface area contributed by atoms with Gasteiger partial charge in [0.15, 0.2) is 0 Å². The topological polar surface area (TPSA) is 61.4 Å². The van der Waals surface area contributed by atoms with E-state index in [9.17, 15) is 9.90 Å². The molecular weight excluding hydrogens is 254 g/mol. The molecule has 2 aromatic rings. The Kier molecular flexibility index (Phi) is 4.39. The molecule has 0 aromatic heterocycles. The Hall–Kier alpha value is -2.75. The molecular formula is C16H14NO3-. The van der Waals surface area contributed by atoms with Gasteiger partial charge >= 0.3 is 0 Å². The van der Waals surface area contributed by atoms with E-state index >= 15 is 0 Å². The predicted molar refractivity (Wildman–Crippen MR) is 76.0 cm³/mol. The highest BCUT2D eigenvalue weighted by Crippen LogP contribution is 2.18. The van der Waals surface area contributed by atoms with Crippen molar-refractivity contribution >= 4 is 17.2 Å². The van der Waals surface area contributed by atoms with E-state index in [1.165, 1.54) is 6.20 Å². The van der Waals surface area contributed by atoms with Crippen LogP contribution in [0.4, 0.5) is 5.69 Å². The molecule has 0 fully saturated rings. The minimum absolute atomic E-state index is 0.0801. The average molecular weight is 268 g/mol. The number of aliphatic carboxylic acids is 1. The van der Waals surface area contributed by atoms with Gasteiger partial charge in [0.2, 0.25) is 0 Å². The number of rotatable bonds is 5. The summed E-state index contributed by atoms with van der Waals surface area (Å²) in [6, 6.07) is 16.1. The van der Waals surface area contributed by atoms with Gasteiger partial charge in [0.25, 0.3) is 0 Å². The molecule has 4 nitrogen and oxygen atoms in total. The Bertz CT molecular complexity index is 603. The summed E-state index contributed by atoms with van der Waals surface area (Å²) in [5.74, 6) is -0.568. The van der Waals surface area contributed by atoms with E-state index < -0.39 is 5.97 Å². The predicted octanol–water partition coefficient (Wildman–Crippen LogP) is 1.90. The third-order valence-corrected chi connectivity index (χ3v) is 2.78. The first-order chi connectivity index (χ1) is 9.70. The zero-order valence-electron chi connectivity index (χ0n) is 11.0. The Labute approximate surface area is 117 Å². The largest absolute Gasteiger partial charge is 0.545 e. The molecule has 102 valence electrons. The molecule has 0 aliphatic carbocycles. The Morgan fingerprint density at radius 3 is 2.30 bits per heavy atom. The van der Waals surface area contributed by atoms with Gasteiger partial charge < -0.3 is 20.0 Å². The van der Waals surface area contributed by atoms with Gasteiger partial charge in [0.1, 0.15) is 5.75 Å². The number of carbonyl (C=O) groups excluding carboxylic acids is 1. The van der Waals surface area contributed by atoms with Crippen molar-refractivity contribution in [2.24, 2.45) is 0 Å². The molecule has 0 atom stereocenters. The molecule has 20 heavy (non-hydrogen) atoms. The fourth-order valence-corrected chi connectivity index (χ4v) is 1.72. The molecule has 0 heterocycles. The van der Waals surface area contributed by atoms with Crippen LogP contribution in [0.1, 0.15) is 5.56 Å². The van der Waals surface area contributed by atoms with Crippen LogP contribution in [0.25, 0.3) is 5.57 Å². The fraction of sp³-hybridized carbons (Fsp3) is 0.0625. The van der Waals surface area contributed by atoms with Crippen LogP contribution in [0.3, 0.4) is 0 Å². The summed E-state index contributed by atoms with van der Waals surface area (Å²) < 4.78 is 5.04. The van der Waals surface area contributed by atoms with Crippen molar-refractivity contribution in [3.8, 4) is 5.75 Å². The van der Waals surface area contributed by atoms with E-state index in [0.717, 1.165) is 5.69 Å². The third kappa shape index (κ3) is 3.38. The van der Waals surface area contributed by atoms with Gasteiger partial charge in [0, 0.05) is 17.5 Å². The van der Waals surface area contributed by atoms with E-state index in [0.29, 0.717) is 11.3 Å². The van der Waals surface area contributed by atoms with Gasteiger partial charge in [-0.05, 0) is 29.8 Å². The summed E-state index contributed by atoms with van der Waals surface area (Å²) in [6.07, 6.45) is 1.42. The minimum Gasteiger partial charge on any atom is -0.545 e. The maximum absolute atomic E-state index is 11.2. The van der Waals surface area contributed by atoms with Gasteiger partial charge in [-0.1, -0.05) is 30.3 Å². The highest BCUT2D eigenvalue weighted by Gasteiger charge is 2.03. The van der Waals surface area contributed by atoms with Crippen molar-refractivity contribution in [1.29, 1.82) is 0 Å². The number of methoxy groups -OCH3 is 1. The zero-order chi connectivity index (χ0) is 14.4.